The molecular weight excluding hydrogens is 486 g/mol. The van der Waals surface area contributed by atoms with Gasteiger partial charge in [-0.15, -0.1) is 0 Å². The maximum absolute atomic E-state index is 15.1. The highest BCUT2D eigenvalue weighted by Gasteiger charge is 2.42. The second kappa shape index (κ2) is 10.4. The number of likely N-dealkylation sites (tertiary alicyclic amines) is 1. The average Bonchev–Trinajstić information content (AvgIpc) is 3.20. The summed E-state index contributed by atoms with van der Waals surface area (Å²) in [6, 6.07) is -0.868. The van der Waals surface area contributed by atoms with Crippen LogP contribution in [-0.4, -0.2) is 81.6 Å². The number of rotatable bonds is 7. The summed E-state index contributed by atoms with van der Waals surface area (Å²) < 4.78 is 59.0. The van der Waals surface area contributed by atoms with Crippen LogP contribution in [0.1, 0.15) is 30.9 Å². The van der Waals surface area contributed by atoms with E-state index in [-0.39, 0.29) is 43.0 Å². The van der Waals surface area contributed by atoms with E-state index in [2.05, 4.69) is 25.5 Å². The van der Waals surface area contributed by atoms with Crippen LogP contribution in [0, 0.1) is 6.92 Å². The normalized spacial score (nSPS) is 23.7. The lowest BCUT2D eigenvalue weighted by Gasteiger charge is -2.39. The van der Waals surface area contributed by atoms with Crippen molar-refractivity contribution in [3.8, 4) is 0 Å². The van der Waals surface area contributed by atoms with Crippen molar-refractivity contribution >= 4 is 17.5 Å². The highest BCUT2D eigenvalue weighted by molar-refractivity contribution is 5.83. The number of anilines is 2. The summed E-state index contributed by atoms with van der Waals surface area (Å²) in [7, 11) is 0. The van der Waals surface area contributed by atoms with Gasteiger partial charge in [-0.1, -0.05) is 0 Å². The first-order chi connectivity index (χ1) is 17.0. The Morgan fingerprint density at radius 2 is 1.92 bits per heavy atom. The van der Waals surface area contributed by atoms with Crippen LogP contribution >= 0.6 is 0 Å². The Kier molecular flexibility index (Phi) is 7.43. The van der Waals surface area contributed by atoms with E-state index in [0.717, 1.165) is 0 Å². The Morgan fingerprint density at radius 1 is 1.19 bits per heavy atom. The first-order valence-electron chi connectivity index (χ1n) is 11.6. The van der Waals surface area contributed by atoms with Crippen molar-refractivity contribution in [1.29, 1.82) is 0 Å². The minimum absolute atomic E-state index is 0.0189. The van der Waals surface area contributed by atoms with Crippen molar-refractivity contribution in [2.45, 2.75) is 57.2 Å². The van der Waals surface area contributed by atoms with Crippen molar-refractivity contribution in [1.82, 2.24) is 25.1 Å². The van der Waals surface area contributed by atoms with Gasteiger partial charge >= 0.3 is 6.18 Å². The van der Waals surface area contributed by atoms with Gasteiger partial charge in [0.15, 0.2) is 0 Å². The Bertz CT molecular complexity index is 1130. The molecule has 196 valence electrons. The molecule has 0 radical (unpaired) electrons. The molecule has 2 aliphatic heterocycles. The molecule has 2 saturated heterocycles. The second-order valence-electron chi connectivity index (χ2n) is 9.01. The van der Waals surface area contributed by atoms with Crippen molar-refractivity contribution in [2.24, 2.45) is 0 Å². The van der Waals surface area contributed by atoms with Gasteiger partial charge < -0.3 is 19.9 Å². The van der Waals surface area contributed by atoms with Crippen molar-refractivity contribution in [3.63, 3.8) is 0 Å². The zero-order valence-corrected chi connectivity index (χ0v) is 19.8. The highest BCUT2D eigenvalue weighted by atomic mass is 19.4. The summed E-state index contributed by atoms with van der Waals surface area (Å²) in [4.78, 5) is 35.0. The fourth-order valence-corrected chi connectivity index (χ4v) is 4.39. The Morgan fingerprint density at radius 3 is 2.58 bits per heavy atom. The smallest absolute Gasteiger partial charge is 0.379 e. The van der Waals surface area contributed by atoms with Crippen LogP contribution in [-0.2, 0) is 15.7 Å². The monoisotopic (exact) mass is 513 g/mol. The summed E-state index contributed by atoms with van der Waals surface area (Å²) in [5.74, 6) is -0.270. The molecule has 0 aromatic carbocycles. The van der Waals surface area contributed by atoms with Gasteiger partial charge in [0.1, 0.15) is 12.3 Å². The van der Waals surface area contributed by atoms with Crippen LogP contribution in [0.4, 0.5) is 29.2 Å². The molecule has 0 unspecified atom stereocenters. The Hall–Kier alpha value is -3.29. The van der Waals surface area contributed by atoms with Crippen molar-refractivity contribution in [2.75, 3.05) is 36.5 Å². The van der Waals surface area contributed by atoms with Crippen LogP contribution < -0.4 is 15.8 Å². The lowest BCUT2D eigenvalue weighted by Crippen LogP contribution is -2.54. The molecule has 0 saturated carbocycles. The molecule has 0 spiro atoms. The molecule has 2 aliphatic rings. The number of aromatic nitrogens is 4. The summed E-state index contributed by atoms with van der Waals surface area (Å²) in [5.41, 5.74) is -0.216. The summed E-state index contributed by atoms with van der Waals surface area (Å²) in [5, 5.41) is 9.24. The lowest BCUT2D eigenvalue weighted by molar-refractivity contribution is -0.140. The number of amides is 1. The van der Waals surface area contributed by atoms with E-state index in [9.17, 15) is 22.8 Å². The molecule has 2 N–H and O–H groups in total. The SMILES string of the molecule is Cc1c(N[C@@H](C)CO[C@@H]2CCN([C@H]3CCN(c4ncc(C(F)(F)F)cn4)C[C@@H]3F)C2=O)cn[nH]c1=O. The quantitative estimate of drug-likeness (QED) is 0.540. The molecule has 14 heteroatoms. The fraction of sp³-hybridized carbons (Fsp3) is 0.591. The van der Waals surface area contributed by atoms with Gasteiger partial charge in [0.2, 0.25) is 5.95 Å². The maximum atomic E-state index is 15.1. The van der Waals surface area contributed by atoms with Gasteiger partial charge in [-0.25, -0.2) is 19.5 Å². The number of aromatic amines is 1. The van der Waals surface area contributed by atoms with Gasteiger partial charge in [-0.05, 0) is 20.3 Å². The number of halogens is 4. The third-order valence-corrected chi connectivity index (χ3v) is 6.40. The fourth-order valence-electron chi connectivity index (χ4n) is 4.39. The van der Waals surface area contributed by atoms with Gasteiger partial charge in [-0.3, -0.25) is 9.59 Å². The number of carbonyl (C=O) groups excluding carboxylic acids is 1. The van der Waals surface area contributed by atoms with Gasteiger partial charge in [0.25, 0.3) is 11.5 Å². The largest absolute Gasteiger partial charge is 0.419 e. The molecule has 2 aromatic heterocycles. The molecular formula is C22H27F4N7O3. The van der Waals surface area contributed by atoms with E-state index in [1.807, 2.05) is 6.92 Å². The summed E-state index contributed by atoms with van der Waals surface area (Å²) in [6.45, 7) is 4.22. The van der Waals surface area contributed by atoms with E-state index in [4.69, 9.17) is 4.74 Å². The molecule has 36 heavy (non-hydrogen) atoms. The lowest BCUT2D eigenvalue weighted by atomic mass is 10.0. The molecule has 2 aromatic rings. The van der Waals surface area contributed by atoms with Crippen LogP contribution in [0.5, 0.6) is 0 Å². The first-order valence-corrected chi connectivity index (χ1v) is 11.6. The molecule has 0 aliphatic carbocycles. The molecule has 2 fully saturated rings. The van der Waals surface area contributed by atoms with E-state index >= 15 is 4.39 Å². The molecule has 1 amide bonds. The zero-order chi connectivity index (χ0) is 26.0. The first kappa shape index (κ1) is 25.8. The standard InChI is InChI=1S/C22H27F4N7O3/c1-12(30-16-9-29-31-19(34)13(16)2)11-36-18-4-6-33(20(18)35)17-3-5-32(10-15(17)23)21-27-7-14(8-28-21)22(24,25)26/h7-9,12,15,17-18H,3-6,10-11H2,1-2H3,(H2,30,31,34)/t12-,15-,17-,18+/m0/s1. The number of ether oxygens (including phenoxy) is 1. The average molecular weight is 513 g/mol. The van der Waals surface area contributed by atoms with Gasteiger partial charge in [0, 0.05) is 43.5 Å². The molecule has 4 atom stereocenters. The number of nitrogens with one attached hydrogen (secondary N) is 2. The van der Waals surface area contributed by atoms with Crippen molar-refractivity contribution < 1.29 is 27.1 Å². The number of carbonyl (C=O) groups is 1. The zero-order valence-electron chi connectivity index (χ0n) is 19.8. The predicted octanol–water partition coefficient (Wildman–Crippen LogP) is 1.92. The molecule has 4 heterocycles. The summed E-state index contributed by atoms with van der Waals surface area (Å²) >= 11 is 0. The number of hydrogen-bond donors (Lipinski definition) is 2. The van der Waals surface area contributed by atoms with Crippen LogP contribution in [0.25, 0.3) is 0 Å². The third-order valence-electron chi connectivity index (χ3n) is 6.40. The number of piperidine rings is 1. The number of alkyl halides is 4. The topological polar surface area (TPSA) is 116 Å². The van der Waals surface area contributed by atoms with Crippen molar-refractivity contribution in [3.05, 3.63) is 40.1 Å². The maximum Gasteiger partial charge on any atom is 0.419 e. The molecule has 0 bridgehead atoms. The number of nitrogens with zero attached hydrogens (tertiary/aromatic N) is 5. The minimum atomic E-state index is -4.55. The molecule has 4 rings (SSSR count). The Balaban J connectivity index is 1.28. The van der Waals surface area contributed by atoms with Crippen LogP contribution in [0.3, 0.4) is 0 Å². The Labute approximate surface area is 204 Å². The van der Waals surface area contributed by atoms with Gasteiger partial charge in [-0.2, -0.15) is 18.3 Å². The van der Waals surface area contributed by atoms with Crippen LogP contribution in [0.2, 0.25) is 0 Å². The van der Waals surface area contributed by atoms with Crippen LogP contribution in [0.15, 0.2) is 23.4 Å². The highest BCUT2D eigenvalue weighted by Crippen LogP contribution is 2.30. The molecule has 10 nitrogen and oxygen atoms in total. The van der Waals surface area contributed by atoms with E-state index < -0.39 is 30.1 Å². The van der Waals surface area contributed by atoms with E-state index in [1.54, 1.807) is 6.92 Å². The number of H-pyrrole nitrogens is 1. The van der Waals surface area contributed by atoms with E-state index in [0.29, 0.717) is 43.2 Å². The number of hydrogen-bond acceptors (Lipinski definition) is 8. The minimum Gasteiger partial charge on any atom is -0.379 e. The van der Waals surface area contributed by atoms with E-state index in [1.165, 1.54) is 16.0 Å². The van der Waals surface area contributed by atoms with Gasteiger partial charge in [0.05, 0.1) is 36.6 Å². The second-order valence-corrected chi connectivity index (χ2v) is 9.01. The summed E-state index contributed by atoms with van der Waals surface area (Å²) in [6.07, 6.45) is -3.10. The predicted molar refractivity (Wildman–Crippen MR) is 121 cm³/mol. The third kappa shape index (κ3) is 5.58.